The van der Waals surface area contributed by atoms with Crippen LogP contribution in [-0.4, -0.2) is 4.57 Å². The second-order valence-electron chi connectivity index (χ2n) is 15.7. The average molecular weight is 791 g/mol. The topological polar surface area (TPSA) is 8.17 Å². The summed E-state index contributed by atoms with van der Waals surface area (Å²) in [7, 11) is 0. The number of hydrogen-bond donors (Lipinski definition) is 0. The monoisotopic (exact) mass is 790 g/mol. The van der Waals surface area contributed by atoms with E-state index in [2.05, 4.69) is 264 Å². The Morgan fingerprint density at radius 3 is 1.10 bits per heavy atom. The van der Waals surface area contributed by atoms with Crippen LogP contribution in [0.5, 0.6) is 0 Å². The van der Waals surface area contributed by atoms with E-state index in [9.17, 15) is 0 Å². The number of hydrogen-bond acceptors (Lipinski definition) is 1. The van der Waals surface area contributed by atoms with Gasteiger partial charge in [-0.2, -0.15) is 0 Å². The highest BCUT2D eigenvalue weighted by molar-refractivity contribution is 6.16. The van der Waals surface area contributed by atoms with Gasteiger partial charge >= 0.3 is 0 Å². The fourth-order valence-corrected chi connectivity index (χ4v) is 8.99. The highest BCUT2D eigenvalue weighted by Gasteiger charge is 2.23. The van der Waals surface area contributed by atoms with Gasteiger partial charge in [0.05, 0.1) is 11.2 Å². The molecular formula is C60H42N2. The van der Waals surface area contributed by atoms with E-state index < -0.39 is 0 Å². The van der Waals surface area contributed by atoms with Crippen molar-refractivity contribution >= 4 is 38.7 Å². The minimum absolute atomic E-state index is 1.09. The van der Waals surface area contributed by atoms with E-state index in [1.807, 2.05) is 0 Å². The fourth-order valence-electron chi connectivity index (χ4n) is 8.99. The molecule has 0 saturated carbocycles. The minimum atomic E-state index is 1.09. The molecule has 0 unspecified atom stereocenters. The Labute approximate surface area is 362 Å². The Morgan fingerprint density at radius 1 is 0.258 bits per heavy atom. The normalized spacial score (nSPS) is 11.2. The van der Waals surface area contributed by atoms with Crippen LogP contribution < -0.4 is 4.90 Å². The Balaban J connectivity index is 0.988. The first-order valence-electron chi connectivity index (χ1n) is 21.3. The molecule has 1 aromatic heterocycles. The zero-order chi connectivity index (χ0) is 41.2. The van der Waals surface area contributed by atoms with Crippen molar-refractivity contribution in [2.75, 3.05) is 4.90 Å². The fraction of sp³-hybridized carbons (Fsp3) is 0. The predicted octanol–water partition coefficient (Wildman–Crippen LogP) is 16.6. The van der Waals surface area contributed by atoms with Crippen molar-refractivity contribution in [3.63, 3.8) is 0 Å². The largest absolute Gasteiger partial charge is 0.311 e. The molecule has 0 aliphatic rings. The van der Waals surface area contributed by atoms with Gasteiger partial charge in [-0.1, -0.05) is 206 Å². The van der Waals surface area contributed by atoms with Crippen LogP contribution in [0.4, 0.5) is 17.1 Å². The second kappa shape index (κ2) is 16.1. The summed E-state index contributed by atoms with van der Waals surface area (Å²) in [5.41, 5.74) is 17.6. The third-order valence-corrected chi connectivity index (χ3v) is 12.0. The van der Waals surface area contributed by atoms with Gasteiger partial charge in [-0.15, -0.1) is 0 Å². The summed E-state index contributed by atoms with van der Waals surface area (Å²) >= 11 is 0. The molecule has 11 rings (SSSR count). The lowest BCUT2D eigenvalue weighted by Gasteiger charge is -2.26. The van der Waals surface area contributed by atoms with Gasteiger partial charge in [0.1, 0.15) is 0 Å². The van der Waals surface area contributed by atoms with E-state index in [0.717, 1.165) is 33.9 Å². The summed E-state index contributed by atoms with van der Waals surface area (Å²) in [6.45, 7) is 0. The maximum absolute atomic E-state index is 2.48. The lowest BCUT2D eigenvalue weighted by atomic mass is 9.97. The lowest BCUT2D eigenvalue weighted by molar-refractivity contribution is 1.14. The third-order valence-electron chi connectivity index (χ3n) is 12.0. The van der Waals surface area contributed by atoms with Crippen molar-refractivity contribution in [2.45, 2.75) is 0 Å². The molecule has 10 aromatic carbocycles. The van der Waals surface area contributed by atoms with Crippen molar-refractivity contribution in [2.24, 2.45) is 0 Å². The molecule has 1 heterocycles. The average Bonchev–Trinajstić information content (AvgIpc) is 3.72. The molecule has 11 aromatic rings. The molecule has 2 heteroatoms. The van der Waals surface area contributed by atoms with Crippen LogP contribution in [-0.2, 0) is 0 Å². The van der Waals surface area contributed by atoms with Crippen LogP contribution >= 0.6 is 0 Å². The van der Waals surface area contributed by atoms with E-state index in [4.69, 9.17) is 0 Å². The Bertz CT molecular complexity index is 3180. The summed E-state index contributed by atoms with van der Waals surface area (Å²) in [6, 6.07) is 91.9. The molecule has 0 aliphatic carbocycles. The Morgan fingerprint density at radius 2 is 0.629 bits per heavy atom. The van der Waals surface area contributed by atoms with E-state index in [1.54, 1.807) is 0 Å². The van der Waals surface area contributed by atoms with Gasteiger partial charge in [-0.05, 0) is 98.4 Å². The standard InChI is InChI=1S/C60H42N2/c1-5-15-43(16-6-1)45-25-34-52(35-26-45)61(53-36-27-46(28-37-53)44-17-7-2-8-18-44)54-38-29-47(30-39-54)48-31-40-55(41-32-48)62-59(51-22-11-4-12-23-51)58(50-20-9-3-10-21-50)57-42-33-49-19-13-14-24-56(49)60(57)62/h1-42H. The Hall–Kier alpha value is -8.20. The van der Waals surface area contributed by atoms with Crippen LogP contribution in [0.25, 0.3) is 83.1 Å². The Kier molecular flexibility index (Phi) is 9.57. The van der Waals surface area contributed by atoms with E-state index in [1.165, 1.54) is 66.3 Å². The molecule has 0 radical (unpaired) electrons. The van der Waals surface area contributed by atoms with E-state index >= 15 is 0 Å². The first kappa shape index (κ1) is 36.8. The molecule has 0 atom stereocenters. The number of anilines is 3. The SMILES string of the molecule is c1ccc(-c2ccc(N(c3ccc(-c4ccccc4)cc3)c3ccc(-c4ccc(-n5c(-c6ccccc6)c(-c6ccccc6)c6ccc7ccccc7c65)cc4)cc3)cc2)cc1. The van der Waals surface area contributed by atoms with Gasteiger partial charge in [0.2, 0.25) is 0 Å². The van der Waals surface area contributed by atoms with Gasteiger partial charge in [0, 0.05) is 39.1 Å². The molecule has 0 bridgehead atoms. The molecule has 0 aliphatic heterocycles. The summed E-state index contributed by atoms with van der Waals surface area (Å²) in [5, 5.41) is 3.70. The summed E-state index contributed by atoms with van der Waals surface area (Å²) in [5.74, 6) is 0. The molecular weight excluding hydrogens is 749 g/mol. The molecule has 62 heavy (non-hydrogen) atoms. The second-order valence-corrected chi connectivity index (χ2v) is 15.7. The molecule has 292 valence electrons. The van der Waals surface area contributed by atoms with Crippen molar-refractivity contribution in [3.05, 3.63) is 255 Å². The van der Waals surface area contributed by atoms with Gasteiger partial charge in [-0.3, -0.25) is 0 Å². The van der Waals surface area contributed by atoms with Gasteiger partial charge in [-0.25, -0.2) is 0 Å². The first-order valence-corrected chi connectivity index (χ1v) is 21.3. The molecule has 0 saturated heterocycles. The summed E-state index contributed by atoms with van der Waals surface area (Å²) < 4.78 is 2.48. The third kappa shape index (κ3) is 6.84. The van der Waals surface area contributed by atoms with Crippen molar-refractivity contribution in [1.82, 2.24) is 4.57 Å². The molecule has 0 spiro atoms. The minimum Gasteiger partial charge on any atom is -0.311 e. The predicted molar refractivity (Wildman–Crippen MR) is 263 cm³/mol. The number of rotatable bonds is 9. The van der Waals surface area contributed by atoms with Gasteiger partial charge < -0.3 is 9.47 Å². The smallest absolute Gasteiger partial charge is 0.0619 e. The molecule has 0 fully saturated rings. The van der Waals surface area contributed by atoms with Crippen LogP contribution in [0.3, 0.4) is 0 Å². The quantitative estimate of drug-likeness (QED) is 0.141. The number of aromatic nitrogens is 1. The van der Waals surface area contributed by atoms with Crippen LogP contribution in [0.2, 0.25) is 0 Å². The number of nitrogens with zero attached hydrogens (tertiary/aromatic N) is 2. The molecule has 2 nitrogen and oxygen atoms in total. The van der Waals surface area contributed by atoms with Crippen LogP contribution in [0, 0.1) is 0 Å². The van der Waals surface area contributed by atoms with E-state index in [-0.39, 0.29) is 0 Å². The first-order chi connectivity index (χ1) is 30.8. The number of benzene rings is 10. The van der Waals surface area contributed by atoms with Crippen molar-refractivity contribution in [1.29, 1.82) is 0 Å². The van der Waals surface area contributed by atoms with Gasteiger partial charge in [0.25, 0.3) is 0 Å². The van der Waals surface area contributed by atoms with Crippen LogP contribution in [0.1, 0.15) is 0 Å². The maximum Gasteiger partial charge on any atom is 0.0619 e. The van der Waals surface area contributed by atoms with E-state index in [0.29, 0.717) is 0 Å². The molecule has 0 N–H and O–H groups in total. The zero-order valence-electron chi connectivity index (χ0n) is 34.1. The summed E-state index contributed by atoms with van der Waals surface area (Å²) in [6.07, 6.45) is 0. The zero-order valence-corrected chi connectivity index (χ0v) is 34.1. The van der Waals surface area contributed by atoms with Crippen molar-refractivity contribution in [3.8, 4) is 61.5 Å². The maximum atomic E-state index is 2.48. The number of fused-ring (bicyclic) bond motifs is 3. The highest BCUT2D eigenvalue weighted by atomic mass is 15.1. The summed E-state index contributed by atoms with van der Waals surface area (Å²) in [4.78, 5) is 2.34. The lowest BCUT2D eigenvalue weighted by Crippen LogP contribution is -2.09. The van der Waals surface area contributed by atoms with Gasteiger partial charge in [0.15, 0.2) is 0 Å². The van der Waals surface area contributed by atoms with Crippen molar-refractivity contribution < 1.29 is 0 Å². The highest BCUT2D eigenvalue weighted by Crippen LogP contribution is 2.45. The molecule has 0 amide bonds. The van der Waals surface area contributed by atoms with Crippen LogP contribution in [0.15, 0.2) is 255 Å².